The second-order valence-electron chi connectivity index (χ2n) is 4.74. The topological polar surface area (TPSA) is 85.1 Å². The highest BCUT2D eigenvalue weighted by Crippen LogP contribution is 2.22. The number of halogens is 1. The molecule has 3 N–H and O–H groups in total. The number of sulfonamides is 1. The molecule has 2 aromatic rings. The molecule has 1 heterocycles. The van der Waals surface area contributed by atoms with Gasteiger partial charge in [0.15, 0.2) is 0 Å². The van der Waals surface area contributed by atoms with Gasteiger partial charge in [-0.15, -0.1) is 11.3 Å². The lowest BCUT2D eigenvalue weighted by Crippen LogP contribution is -2.28. The summed E-state index contributed by atoms with van der Waals surface area (Å²) in [6, 6.07) is 2.23. The lowest BCUT2D eigenvalue weighted by atomic mass is 10.2. The average Bonchev–Trinajstić information content (AvgIpc) is 2.95. The second-order valence-corrected chi connectivity index (χ2v) is 7.44. The molecule has 0 aliphatic heterocycles. The van der Waals surface area contributed by atoms with E-state index < -0.39 is 15.8 Å². The van der Waals surface area contributed by atoms with Crippen molar-refractivity contribution in [1.82, 2.24) is 9.71 Å². The minimum Gasteiger partial charge on any atom is -0.398 e. The van der Waals surface area contributed by atoms with Gasteiger partial charge in [0.1, 0.15) is 5.82 Å². The Balaban J connectivity index is 2.15. The van der Waals surface area contributed by atoms with Crippen LogP contribution < -0.4 is 10.5 Å². The zero-order valence-electron chi connectivity index (χ0n) is 11.6. The Bertz CT molecular complexity index is 707. The van der Waals surface area contributed by atoms with E-state index in [0.29, 0.717) is 0 Å². The Labute approximate surface area is 127 Å². The molecule has 0 radical (unpaired) electrons. The molecule has 0 fully saturated rings. The zero-order valence-corrected chi connectivity index (χ0v) is 13.3. The molecule has 114 valence electrons. The number of nitrogens with two attached hydrogens (primary N) is 1. The molecule has 0 aliphatic rings. The normalized spacial score (nSPS) is 13.3. The van der Waals surface area contributed by atoms with Crippen LogP contribution in [0.15, 0.2) is 28.6 Å². The van der Waals surface area contributed by atoms with E-state index in [1.165, 1.54) is 24.3 Å². The largest absolute Gasteiger partial charge is 0.398 e. The summed E-state index contributed by atoms with van der Waals surface area (Å²) < 4.78 is 40.4. The van der Waals surface area contributed by atoms with E-state index in [1.807, 2.05) is 12.3 Å². The Morgan fingerprint density at radius 1 is 1.48 bits per heavy atom. The van der Waals surface area contributed by atoms with Crippen molar-refractivity contribution >= 4 is 27.0 Å². The van der Waals surface area contributed by atoms with Gasteiger partial charge in [0, 0.05) is 35.3 Å². The lowest BCUT2D eigenvalue weighted by Gasteiger charge is -2.12. The molecule has 1 atom stereocenters. The molecule has 0 aliphatic carbocycles. The Morgan fingerprint density at radius 3 is 2.76 bits per heavy atom. The summed E-state index contributed by atoms with van der Waals surface area (Å²) in [4.78, 5) is 3.96. The third kappa shape index (κ3) is 3.58. The standard InChI is InChI=1S/C13H16FN3O2S2/c1-8(13-16-3-4-20-13)7-17-21(18,19)10-5-11(14)9(2)12(15)6-10/h3-6,8,17H,7,15H2,1-2H3. The van der Waals surface area contributed by atoms with Crippen LogP contribution in [0.4, 0.5) is 10.1 Å². The van der Waals surface area contributed by atoms with Gasteiger partial charge in [-0.1, -0.05) is 6.92 Å². The Hall–Kier alpha value is -1.51. The maximum Gasteiger partial charge on any atom is 0.240 e. The molecule has 0 saturated carbocycles. The van der Waals surface area contributed by atoms with Crippen LogP contribution in [0.5, 0.6) is 0 Å². The van der Waals surface area contributed by atoms with Crippen LogP contribution in [0.3, 0.4) is 0 Å². The van der Waals surface area contributed by atoms with Gasteiger partial charge in [0.25, 0.3) is 0 Å². The number of benzene rings is 1. The Kier molecular flexibility index (Phi) is 4.60. The highest BCUT2D eigenvalue weighted by atomic mass is 32.2. The summed E-state index contributed by atoms with van der Waals surface area (Å²) in [6.45, 7) is 3.55. The van der Waals surface area contributed by atoms with Crippen LogP contribution in [0.1, 0.15) is 23.4 Å². The summed E-state index contributed by atoms with van der Waals surface area (Å²) in [5, 5.41) is 2.67. The highest BCUT2D eigenvalue weighted by molar-refractivity contribution is 7.89. The predicted molar refractivity (Wildman–Crippen MR) is 81.3 cm³/mol. The summed E-state index contributed by atoms with van der Waals surface area (Å²) in [5.41, 5.74) is 5.97. The second kappa shape index (κ2) is 6.08. The molecule has 2 rings (SSSR count). The number of hydrogen-bond acceptors (Lipinski definition) is 5. The molecule has 0 amide bonds. The van der Waals surface area contributed by atoms with E-state index in [-0.39, 0.29) is 28.6 Å². The monoisotopic (exact) mass is 329 g/mol. The van der Waals surface area contributed by atoms with Gasteiger partial charge >= 0.3 is 0 Å². The number of hydrogen-bond donors (Lipinski definition) is 2. The first-order valence-electron chi connectivity index (χ1n) is 6.26. The predicted octanol–water partition coefficient (Wildman–Crippen LogP) is 2.25. The molecule has 0 saturated heterocycles. The average molecular weight is 329 g/mol. The number of thiazole rings is 1. The van der Waals surface area contributed by atoms with Crippen molar-refractivity contribution in [1.29, 1.82) is 0 Å². The molecular formula is C13H16FN3O2S2. The first kappa shape index (κ1) is 15.9. The van der Waals surface area contributed by atoms with Gasteiger partial charge in [0.2, 0.25) is 10.0 Å². The molecule has 1 unspecified atom stereocenters. The van der Waals surface area contributed by atoms with Crippen molar-refractivity contribution in [2.45, 2.75) is 24.7 Å². The van der Waals surface area contributed by atoms with Crippen molar-refractivity contribution in [3.05, 3.63) is 40.1 Å². The number of nitrogen functional groups attached to an aromatic ring is 1. The van der Waals surface area contributed by atoms with Gasteiger partial charge in [-0.25, -0.2) is 22.5 Å². The number of nitrogens with zero attached hydrogens (tertiary/aromatic N) is 1. The van der Waals surface area contributed by atoms with Crippen molar-refractivity contribution in [3.63, 3.8) is 0 Å². The number of anilines is 1. The third-order valence-electron chi connectivity index (χ3n) is 3.12. The molecule has 0 spiro atoms. The summed E-state index contributed by atoms with van der Waals surface area (Å²) in [6.07, 6.45) is 1.67. The van der Waals surface area contributed by atoms with Crippen molar-refractivity contribution in [2.24, 2.45) is 0 Å². The van der Waals surface area contributed by atoms with E-state index >= 15 is 0 Å². The number of rotatable bonds is 5. The fourth-order valence-electron chi connectivity index (χ4n) is 1.71. The van der Waals surface area contributed by atoms with E-state index in [4.69, 9.17) is 5.73 Å². The third-order valence-corrected chi connectivity index (χ3v) is 5.53. The van der Waals surface area contributed by atoms with Gasteiger partial charge in [-0.05, 0) is 19.1 Å². The smallest absolute Gasteiger partial charge is 0.240 e. The fraction of sp³-hybridized carbons (Fsp3) is 0.308. The molecule has 1 aromatic carbocycles. The zero-order chi connectivity index (χ0) is 15.6. The summed E-state index contributed by atoms with van der Waals surface area (Å²) in [5.74, 6) is -0.698. The van der Waals surface area contributed by atoms with E-state index in [9.17, 15) is 12.8 Å². The molecule has 5 nitrogen and oxygen atoms in total. The number of nitrogens with one attached hydrogen (secondary N) is 1. The Morgan fingerprint density at radius 2 is 2.19 bits per heavy atom. The van der Waals surface area contributed by atoms with Gasteiger partial charge in [0.05, 0.1) is 9.90 Å². The fourth-order valence-corrected chi connectivity index (χ4v) is 3.59. The maximum atomic E-state index is 13.6. The van der Waals surface area contributed by atoms with Crippen molar-refractivity contribution in [3.8, 4) is 0 Å². The minimum atomic E-state index is -3.80. The van der Waals surface area contributed by atoms with Crippen molar-refractivity contribution < 1.29 is 12.8 Å². The van der Waals surface area contributed by atoms with Crippen LogP contribution in [-0.4, -0.2) is 19.9 Å². The minimum absolute atomic E-state index is 0.0626. The quantitative estimate of drug-likeness (QED) is 0.824. The van der Waals surface area contributed by atoms with E-state index in [1.54, 1.807) is 6.20 Å². The molecule has 21 heavy (non-hydrogen) atoms. The van der Waals surface area contributed by atoms with Gasteiger partial charge in [-0.2, -0.15) is 0 Å². The van der Waals surface area contributed by atoms with Gasteiger partial charge in [-0.3, -0.25) is 0 Å². The first-order chi connectivity index (χ1) is 9.81. The highest BCUT2D eigenvalue weighted by Gasteiger charge is 2.19. The van der Waals surface area contributed by atoms with Crippen LogP contribution in [0, 0.1) is 12.7 Å². The summed E-state index contributed by atoms with van der Waals surface area (Å²) in [7, 11) is -3.80. The van der Waals surface area contributed by atoms with Crippen LogP contribution in [0.2, 0.25) is 0 Å². The maximum absolute atomic E-state index is 13.6. The van der Waals surface area contributed by atoms with E-state index in [2.05, 4.69) is 9.71 Å². The lowest BCUT2D eigenvalue weighted by molar-refractivity contribution is 0.570. The van der Waals surface area contributed by atoms with Crippen LogP contribution >= 0.6 is 11.3 Å². The molecule has 8 heteroatoms. The van der Waals surface area contributed by atoms with E-state index in [0.717, 1.165) is 11.1 Å². The van der Waals surface area contributed by atoms with Crippen molar-refractivity contribution in [2.75, 3.05) is 12.3 Å². The number of aromatic nitrogens is 1. The summed E-state index contributed by atoms with van der Waals surface area (Å²) >= 11 is 1.46. The van der Waals surface area contributed by atoms with Crippen LogP contribution in [-0.2, 0) is 10.0 Å². The van der Waals surface area contributed by atoms with Crippen LogP contribution in [0.25, 0.3) is 0 Å². The molecular weight excluding hydrogens is 313 g/mol. The first-order valence-corrected chi connectivity index (χ1v) is 8.62. The molecule has 1 aromatic heterocycles. The van der Waals surface area contributed by atoms with Gasteiger partial charge < -0.3 is 5.73 Å². The SMILES string of the molecule is Cc1c(N)cc(S(=O)(=O)NCC(C)c2nccs2)cc1F. The molecule has 0 bridgehead atoms.